The summed E-state index contributed by atoms with van der Waals surface area (Å²) in [4.78, 5) is 16.0. The number of ketones is 1. The molecule has 0 radical (unpaired) electrons. The van der Waals surface area contributed by atoms with Gasteiger partial charge in [-0.05, 0) is 66.0 Å². The summed E-state index contributed by atoms with van der Waals surface area (Å²) >= 11 is 0. The minimum Gasteiger partial charge on any atom is -0.489 e. The molecule has 2 atom stereocenters. The molecular formula is C26H33NO2. The molecule has 3 nitrogen and oxygen atoms in total. The highest BCUT2D eigenvalue weighted by molar-refractivity contribution is 6.03. The molecule has 2 aromatic carbocycles. The Balaban J connectivity index is 1.60. The average Bonchev–Trinajstić information content (AvgIpc) is 3.55. The van der Waals surface area contributed by atoms with Crippen molar-refractivity contribution in [2.45, 2.75) is 58.6 Å². The van der Waals surface area contributed by atoms with E-state index in [1.165, 1.54) is 12.8 Å². The lowest BCUT2D eigenvalue weighted by atomic mass is 9.63. The third-order valence-corrected chi connectivity index (χ3v) is 7.07. The van der Waals surface area contributed by atoms with Crippen molar-refractivity contribution in [2.24, 2.45) is 11.8 Å². The number of ether oxygens (including phenoxy) is 1. The number of hydrogen-bond acceptors (Lipinski definition) is 3. The Morgan fingerprint density at radius 1 is 1.10 bits per heavy atom. The van der Waals surface area contributed by atoms with Crippen molar-refractivity contribution >= 4 is 5.78 Å². The maximum absolute atomic E-state index is 13.5. The molecule has 4 rings (SSSR count). The second-order valence-corrected chi connectivity index (χ2v) is 9.33. The Kier molecular flexibility index (Phi) is 5.52. The van der Waals surface area contributed by atoms with Crippen LogP contribution < -0.4 is 4.74 Å². The van der Waals surface area contributed by atoms with E-state index >= 15 is 0 Å². The largest absolute Gasteiger partial charge is 0.489 e. The minimum atomic E-state index is -0.0863. The normalized spacial score (nSPS) is 23.1. The van der Waals surface area contributed by atoms with Crippen molar-refractivity contribution in [3.05, 3.63) is 65.2 Å². The molecule has 2 aromatic rings. The van der Waals surface area contributed by atoms with E-state index in [0.717, 1.165) is 41.4 Å². The summed E-state index contributed by atoms with van der Waals surface area (Å²) in [7, 11) is 0. The molecular weight excluding hydrogens is 358 g/mol. The first-order chi connectivity index (χ1) is 13.9. The molecule has 0 bridgehead atoms. The monoisotopic (exact) mass is 391 g/mol. The maximum atomic E-state index is 13.5. The van der Waals surface area contributed by atoms with Crippen LogP contribution in [-0.4, -0.2) is 29.8 Å². The van der Waals surface area contributed by atoms with Gasteiger partial charge in [-0.1, -0.05) is 58.0 Å². The van der Waals surface area contributed by atoms with E-state index in [0.29, 0.717) is 6.61 Å². The minimum absolute atomic E-state index is 0.0285. The van der Waals surface area contributed by atoms with E-state index in [4.69, 9.17) is 4.74 Å². The number of hydrogen-bond donors (Lipinski definition) is 0. The van der Waals surface area contributed by atoms with Crippen molar-refractivity contribution in [2.75, 3.05) is 13.1 Å². The number of nitrogens with zero attached hydrogens (tertiary/aromatic N) is 1. The number of carbonyl (C=O) groups excluding carboxylic acids is 1. The Bertz CT molecular complexity index is 870. The number of likely N-dealkylation sites (N-methyl/N-ethyl adjacent to an activating group) is 1. The fraction of sp³-hybridized carbons (Fsp3) is 0.500. The van der Waals surface area contributed by atoms with Gasteiger partial charge in [-0.3, -0.25) is 9.69 Å². The molecule has 0 N–H and O–H groups in total. The summed E-state index contributed by atoms with van der Waals surface area (Å²) in [5, 5.41) is 0. The fourth-order valence-electron chi connectivity index (χ4n) is 4.68. The van der Waals surface area contributed by atoms with E-state index < -0.39 is 0 Å². The van der Waals surface area contributed by atoms with Gasteiger partial charge in [-0.15, -0.1) is 0 Å². The highest BCUT2D eigenvalue weighted by Crippen LogP contribution is 2.45. The van der Waals surface area contributed by atoms with Crippen LogP contribution in [0.2, 0.25) is 0 Å². The smallest absolute Gasteiger partial charge is 0.180 e. The van der Waals surface area contributed by atoms with Gasteiger partial charge in [-0.2, -0.15) is 0 Å². The third-order valence-electron chi connectivity index (χ3n) is 7.07. The summed E-state index contributed by atoms with van der Waals surface area (Å²) in [6, 6.07) is 16.2. The van der Waals surface area contributed by atoms with E-state index in [1.54, 1.807) is 0 Å². The quantitative estimate of drug-likeness (QED) is 0.626. The number of fused-ring (bicyclic) bond motifs is 1. The molecule has 1 fully saturated rings. The third kappa shape index (κ3) is 3.98. The zero-order chi connectivity index (χ0) is 20.6. The summed E-state index contributed by atoms with van der Waals surface area (Å²) < 4.78 is 6.06. The molecule has 0 aliphatic heterocycles. The molecule has 0 saturated heterocycles. The molecule has 2 aliphatic carbocycles. The van der Waals surface area contributed by atoms with Crippen LogP contribution in [0.25, 0.3) is 0 Å². The first-order valence-corrected chi connectivity index (χ1v) is 11.0. The average molecular weight is 392 g/mol. The van der Waals surface area contributed by atoms with Crippen molar-refractivity contribution < 1.29 is 9.53 Å². The highest BCUT2D eigenvalue weighted by Gasteiger charge is 2.47. The van der Waals surface area contributed by atoms with Gasteiger partial charge in [0.1, 0.15) is 12.4 Å². The highest BCUT2D eigenvalue weighted by atomic mass is 16.5. The van der Waals surface area contributed by atoms with Gasteiger partial charge in [0.05, 0.1) is 6.04 Å². The van der Waals surface area contributed by atoms with Gasteiger partial charge in [0.2, 0.25) is 0 Å². The van der Waals surface area contributed by atoms with E-state index in [2.05, 4.69) is 50.8 Å². The lowest BCUT2D eigenvalue weighted by Gasteiger charge is -2.46. The summed E-state index contributed by atoms with van der Waals surface area (Å²) in [5.41, 5.74) is 3.06. The summed E-state index contributed by atoms with van der Waals surface area (Å²) in [6.45, 7) is 11.5. The molecule has 1 saturated carbocycles. The topological polar surface area (TPSA) is 29.5 Å². The molecule has 3 heteroatoms. The van der Waals surface area contributed by atoms with Crippen LogP contribution in [0.3, 0.4) is 0 Å². The Morgan fingerprint density at radius 2 is 1.83 bits per heavy atom. The van der Waals surface area contributed by atoms with Crippen molar-refractivity contribution in [3.63, 3.8) is 0 Å². The first-order valence-electron chi connectivity index (χ1n) is 11.0. The van der Waals surface area contributed by atoms with E-state index in [-0.39, 0.29) is 23.2 Å². The lowest BCUT2D eigenvalue weighted by Crippen LogP contribution is -2.55. The molecule has 0 heterocycles. The van der Waals surface area contributed by atoms with Crippen LogP contribution in [0.5, 0.6) is 5.75 Å². The first kappa shape index (κ1) is 20.2. The van der Waals surface area contributed by atoms with Crippen LogP contribution >= 0.6 is 0 Å². The van der Waals surface area contributed by atoms with E-state index in [9.17, 15) is 4.79 Å². The number of benzene rings is 2. The molecule has 0 aromatic heterocycles. The molecule has 0 unspecified atom stereocenters. The standard InChI is InChI=1S/C26H33NO2/c1-5-27(16-19-11-12-19)24-18(2)26(3,4)23-15-21(13-14-22(23)25(24)28)29-17-20-9-7-6-8-10-20/h6-10,13-15,18-19,24H,5,11-12,16-17H2,1-4H3/t18-,24-/m0/s1. The van der Waals surface area contributed by atoms with Crippen molar-refractivity contribution in [3.8, 4) is 5.75 Å². The van der Waals surface area contributed by atoms with Gasteiger partial charge in [0.15, 0.2) is 5.78 Å². The van der Waals surface area contributed by atoms with Crippen molar-refractivity contribution in [1.29, 1.82) is 0 Å². The van der Waals surface area contributed by atoms with Gasteiger partial charge >= 0.3 is 0 Å². The number of rotatable bonds is 7. The fourth-order valence-corrected chi connectivity index (χ4v) is 4.68. The summed E-state index contributed by atoms with van der Waals surface area (Å²) in [5.74, 6) is 2.16. The number of Topliss-reactive ketones (excluding diaryl/α,β-unsaturated/α-hetero) is 1. The zero-order valence-corrected chi connectivity index (χ0v) is 18.2. The van der Waals surface area contributed by atoms with Gasteiger partial charge in [0.25, 0.3) is 0 Å². The zero-order valence-electron chi connectivity index (χ0n) is 18.2. The summed E-state index contributed by atoms with van der Waals surface area (Å²) in [6.07, 6.45) is 2.63. The van der Waals surface area contributed by atoms with Crippen LogP contribution in [0.1, 0.15) is 62.0 Å². The molecule has 0 amide bonds. The SMILES string of the molecule is CCN(CC1CC1)[C@@H]1C(=O)c2ccc(OCc3ccccc3)cc2C(C)(C)[C@H]1C. The van der Waals surface area contributed by atoms with Crippen molar-refractivity contribution in [1.82, 2.24) is 4.90 Å². The van der Waals surface area contributed by atoms with Crippen LogP contribution in [0, 0.1) is 11.8 Å². The second kappa shape index (κ2) is 7.95. The number of carbonyl (C=O) groups is 1. The van der Waals surface area contributed by atoms with E-state index in [1.807, 2.05) is 30.3 Å². The molecule has 2 aliphatic rings. The lowest BCUT2D eigenvalue weighted by molar-refractivity contribution is 0.0594. The molecule has 0 spiro atoms. The van der Waals surface area contributed by atoms with Gasteiger partial charge < -0.3 is 4.74 Å². The Morgan fingerprint density at radius 3 is 2.48 bits per heavy atom. The van der Waals surface area contributed by atoms with Gasteiger partial charge in [-0.25, -0.2) is 0 Å². The molecule has 29 heavy (non-hydrogen) atoms. The maximum Gasteiger partial charge on any atom is 0.180 e. The van der Waals surface area contributed by atoms with Gasteiger partial charge in [0, 0.05) is 12.1 Å². The predicted molar refractivity (Wildman–Crippen MR) is 117 cm³/mol. The second-order valence-electron chi connectivity index (χ2n) is 9.33. The van der Waals surface area contributed by atoms with Crippen LogP contribution in [-0.2, 0) is 12.0 Å². The Labute approximate surface area is 175 Å². The predicted octanol–water partition coefficient (Wildman–Crippen LogP) is 5.48. The van der Waals surface area contributed by atoms with Crippen LogP contribution in [0.15, 0.2) is 48.5 Å². The molecule has 154 valence electrons. The Hall–Kier alpha value is -2.13. The van der Waals surface area contributed by atoms with Crippen LogP contribution in [0.4, 0.5) is 0 Å².